The molecule has 1 amide bonds. The van der Waals surface area contributed by atoms with Crippen LogP contribution in [0.3, 0.4) is 0 Å². The van der Waals surface area contributed by atoms with Gasteiger partial charge in [0.2, 0.25) is 5.91 Å². The van der Waals surface area contributed by atoms with E-state index in [0.29, 0.717) is 50.5 Å². The molecule has 4 heterocycles. The number of ether oxygens (including phenoxy) is 1. The molecule has 1 atom stereocenters. The van der Waals surface area contributed by atoms with E-state index >= 15 is 0 Å². The second-order valence-corrected chi connectivity index (χ2v) is 10.7. The third kappa shape index (κ3) is 5.56. The summed E-state index contributed by atoms with van der Waals surface area (Å²) in [6.07, 6.45) is 6.56. The van der Waals surface area contributed by atoms with Gasteiger partial charge in [-0.25, -0.2) is 0 Å². The molecule has 10 heteroatoms. The maximum Gasteiger partial charge on any atom is 0.318 e. The highest BCUT2D eigenvalue weighted by atomic mass is 16.5. The minimum atomic E-state index is -0.0315. The first-order valence-corrected chi connectivity index (χ1v) is 13.9. The molecule has 3 N–H and O–H groups in total. The molecule has 2 saturated heterocycles. The molecule has 3 aliphatic rings. The van der Waals surface area contributed by atoms with Crippen LogP contribution in [0, 0.1) is 12.3 Å². The standard InChI is InChI=1S/C29H40N8O2/c1-4-26(38)35-14-16-37(17-15-35)28-22-9-12-36(27-20(2)7-8-24(31)23(27)18-30)13-10-25(22)32-29(33-28)39-19-21-6-5-11-34(21)3/h4,7-8,18,21,30H,1,5-6,9-17,19,31H2,2-3H3. The van der Waals surface area contributed by atoms with Gasteiger partial charge < -0.3 is 35.5 Å². The molecule has 0 radical (unpaired) electrons. The van der Waals surface area contributed by atoms with Crippen LogP contribution in [0.2, 0.25) is 0 Å². The first-order valence-electron chi connectivity index (χ1n) is 13.9. The normalized spacial score (nSPS) is 19.9. The van der Waals surface area contributed by atoms with Crippen LogP contribution in [0.15, 0.2) is 24.8 Å². The number of hydrogen-bond acceptors (Lipinski definition) is 9. The van der Waals surface area contributed by atoms with Gasteiger partial charge in [-0.05, 0) is 57.5 Å². The number of likely N-dealkylation sites (tertiary alicyclic amines) is 1. The van der Waals surface area contributed by atoms with Crippen LogP contribution >= 0.6 is 0 Å². The highest BCUT2D eigenvalue weighted by Crippen LogP contribution is 2.33. The number of benzene rings is 1. The molecule has 0 saturated carbocycles. The van der Waals surface area contributed by atoms with Crippen LogP contribution in [-0.2, 0) is 17.6 Å². The second kappa shape index (κ2) is 11.6. The Kier molecular flexibility index (Phi) is 8.02. The lowest BCUT2D eigenvalue weighted by Gasteiger charge is -2.36. The van der Waals surface area contributed by atoms with Gasteiger partial charge in [0.15, 0.2) is 0 Å². The van der Waals surface area contributed by atoms with E-state index in [1.807, 2.05) is 17.0 Å². The Hall–Kier alpha value is -3.66. The van der Waals surface area contributed by atoms with E-state index in [0.717, 1.165) is 72.8 Å². The monoisotopic (exact) mass is 532 g/mol. The van der Waals surface area contributed by atoms with Crippen molar-refractivity contribution in [1.29, 1.82) is 5.41 Å². The van der Waals surface area contributed by atoms with Gasteiger partial charge in [-0.15, -0.1) is 0 Å². The molecular formula is C29H40N8O2. The van der Waals surface area contributed by atoms with Crippen molar-refractivity contribution in [1.82, 2.24) is 19.8 Å². The minimum Gasteiger partial charge on any atom is -0.462 e. The summed E-state index contributed by atoms with van der Waals surface area (Å²) in [5, 5.41) is 8.00. The van der Waals surface area contributed by atoms with E-state index in [9.17, 15) is 4.79 Å². The number of anilines is 3. The Labute approximate surface area is 230 Å². The number of likely N-dealkylation sites (N-methyl/N-ethyl adjacent to an activating group) is 1. The number of nitrogens with two attached hydrogens (primary N) is 1. The first kappa shape index (κ1) is 26.9. The molecule has 1 unspecified atom stereocenters. The Morgan fingerprint density at radius 2 is 1.90 bits per heavy atom. The van der Waals surface area contributed by atoms with Crippen LogP contribution in [0.1, 0.15) is 35.2 Å². The number of nitrogens with one attached hydrogen (secondary N) is 1. The van der Waals surface area contributed by atoms with Gasteiger partial charge in [0, 0.05) is 74.8 Å². The van der Waals surface area contributed by atoms with Crippen molar-refractivity contribution in [2.75, 3.05) is 75.0 Å². The van der Waals surface area contributed by atoms with Crippen LogP contribution in [-0.4, -0.2) is 97.4 Å². The van der Waals surface area contributed by atoms with Gasteiger partial charge in [-0.2, -0.15) is 9.97 Å². The van der Waals surface area contributed by atoms with Crippen molar-refractivity contribution in [3.05, 3.63) is 47.2 Å². The number of amides is 1. The fourth-order valence-electron chi connectivity index (χ4n) is 6.04. The summed E-state index contributed by atoms with van der Waals surface area (Å²) in [4.78, 5) is 30.8. The number of aryl methyl sites for hydroxylation is 1. The maximum atomic E-state index is 12.2. The lowest BCUT2D eigenvalue weighted by atomic mass is 10.0. The van der Waals surface area contributed by atoms with Crippen LogP contribution < -0.4 is 20.3 Å². The van der Waals surface area contributed by atoms with E-state index in [4.69, 9.17) is 25.8 Å². The molecule has 0 aliphatic carbocycles. The molecule has 0 spiro atoms. The topological polar surface area (TPSA) is 115 Å². The smallest absolute Gasteiger partial charge is 0.318 e. The van der Waals surface area contributed by atoms with Gasteiger partial charge in [-0.1, -0.05) is 12.6 Å². The van der Waals surface area contributed by atoms with Crippen molar-refractivity contribution in [3.8, 4) is 6.01 Å². The number of carbonyl (C=O) groups excluding carboxylic acids is 1. The molecule has 2 aromatic rings. The second-order valence-electron chi connectivity index (χ2n) is 10.7. The van der Waals surface area contributed by atoms with Crippen LogP contribution in [0.4, 0.5) is 17.2 Å². The SMILES string of the molecule is C=CC(=O)N1CCN(c2nc(OCC3CCCN3C)nc3c2CCN(c2c(C)ccc(N)c2C=N)CC3)CC1. The molecule has 5 rings (SSSR count). The van der Waals surface area contributed by atoms with E-state index in [1.165, 1.54) is 18.7 Å². The van der Waals surface area contributed by atoms with E-state index in [-0.39, 0.29) is 5.91 Å². The Bertz CT molecular complexity index is 1240. The highest BCUT2D eigenvalue weighted by molar-refractivity contribution is 5.94. The summed E-state index contributed by atoms with van der Waals surface area (Å²) < 4.78 is 6.23. The lowest BCUT2D eigenvalue weighted by molar-refractivity contribution is -0.126. The van der Waals surface area contributed by atoms with Crippen molar-refractivity contribution < 1.29 is 9.53 Å². The number of fused-ring (bicyclic) bond motifs is 1. The summed E-state index contributed by atoms with van der Waals surface area (Å²) in [6, 6.07) is 4.71. The van der Waals surface area contributed by atoms with Crippen molar-refractivity contribution in [2.24, 2.45) is 0 Å². The summed E-state index contributed by atoms with van der Waals surface area (Å²) in [5.41, 5.74) is 11.9. The molecular weight excluding hydrogens is 492 g/mol. The van der Waals surface area contributed by atoms with Crippen LogP contribution in [0.25, 0.3) is 0 Å². The molecule has 1 aromatic carbocycles. The third-order valence-corrected chi connectivity index (χ3v) is 8.36. The van der Waals surface area contributed by atoms with Crippen molar-refractivity contribution in [2.45, 2.75) is 38.6 Å². The zero-order valence-electron chi connectivity index (χ0n) is 23.2. The van der Waals surface area contributed by atoms with Gasteiger partial charge in [0.25, 0.3) is 0 Å². The highest BCUT2D eigenvalue weighted by Gasteiger charge is 2.29. The Morgan fingerprint density at radius 3 is 2.59 bits per heavy atom. The summed E-state index contributed by atoms with van der Waals surface area (Å²) in [5.74, 6) is 0.884. The summed E-state index contributed by atoms with van der Waals surface area (Å²) >= 11 is 0. The predicted octanol–water partition coefficient (Wildman–Crippen LogP) is 2.28. The van der Waals surface area contributed by atoms with Gasteiger partial charge >= 0.3 is 6.01 Å². The van der Waals surface area contributed by atoms with E-state index in [2.05, 4.69) is 35.3 Å². The Morgan fingerprint density at radius 1 is 1.13 bits per heavy atom. The summed E-state index contributed by atoms with van der Waals surface area (Å²) in [6.45, 7) is 11.6. The molecule has 3 aliphatic heterocycles. The number of piperazine rings is 1. The fourth-order valence-corrected chi connectivity index (χ4v) is 6.04. The van der Waals surface area contributed by atoms with Crippen molar-refractivity contribution >= 4 is 29.3 Å². The van der Waals surface area contributed by atoms with E-state index in [1.54, 1.807) is 0 Å². The number of aromatic nitrogens is 2. The number of rotatable bonds is 7. The lowest BCUT2D eigenvalue weighted by Crippen LogP contribution is -2.49. The third-order valence-electron chi connectivity index (χ3n) is 8.36. The predicted molar refractivity (Wildman–Crippen MR) is 155 cm³/mol. The average Bonchev–Trinajstić information content (AvgIpc) is 3.25. The quantitative estimate of drug-likeness (QED) is 0.317. The van der Waals surface area contributed by atoms with Crippen LogP contribution in [0.5, 0.6) is 6.01 Å². The molecule has 39 heavy (non-hydrogen) atoms. The average molecular weight is 533 g/mol. The van der Waals surface area contributed by atoms with Crippen molar-refractivity contribution in [3.63, 3.8) is 0 Å². The zero-order chi connectivity index (χ0) is 27.5. The number of carbonyl (C=O) groups is 1. The fraction of sp³-hybridized carbons (Fsp3) is 0.517. The van der Waals surface area contributed by atoms with Gasteiger partial charge in [0.1, 0.15) is 12.4 Å². The largest absolute Gasteiger partial charge is 0.462 e. The number of nitrogens with zero attached hydrogens (tertiary/aromatic N) is 6. The zero-order valence-corrected chi connectivity index (χ0v) is 23.2. The number of hydrogen-bond donors (Lipinski definition) is 2. The molecule has 1 aromatic heterocycles. The van der Waals surface area contributed by atoms with Gasteiger partial charge in [0.05, 0.1) is 11.4 Å². The minimum absolute atomic E-state index is 0.0315. The molecule has 0 bridgehead atoms. The van der Waals surface area contributed by atoms with E-state index < -0.39 is 0 Å². The Balaban J connectivity index is 1.43. The molecule has 208 valence electrons. The number of nitrogen functional groups attached to an aromatic ring is 1. The molecule has 10 nitrogen and oxygen atoms in total. The first-order chi connectivity index (χ1) is 18.9. The molecule has 2 fully saturated rings. The summed E-state index contributed by atoms with van der Waals surface area (Å²) in [7, 11) is 2.14. The van der Waals surface area contributed by atoms with Gasteiger partial charge in [-0.3, -0.25) is 4.79 Å². The maximum absolute atomic E-state index is 12.2.